The first-order valence-electron chi connectivity index (χ1n) is 5.48. The van der Waals surface area contributed by atoms with Gasteiger partial charge in [0.05, 0.1) is 0 Å². The molecule has 0 spiro atoms. The highest BCUT2D eigenvalue weighted by molar-refractivity contribution is 9.11. The molecule has 0 amide bonds. The Labute approximate surface area is 124 Å². The molecule has 1 unspecified atom stereocenters. The van der Waals surface area contributed by atoms with Crippen LogP contribution in [0, 0.1) is 0 Å². The third-order valence-electron chi connectivity index (χ3n) is 1.99. The zero-order valence-electron chi connectivity index (χ0n) is 10.5. The summed E-state index contributed by atoms with van der Waals surface area (Å²) in [6, 6.07) is 2.98. The first-order valence-corrected chi connectivity index (χ1v) is 7.06. The van der Waals surface area contributed by atoms with Crippen LogP contribution in [0.3, 0.4) is 0 Å². The first kappa shape index (κ1) is 15.6. The summed E-state index contributed by atoms with van der Waals surface area (Å²) in [4.78, 5) is 15.9. The van der Waals surface area contributed by atoms with Crippen LogP contribution in [0.25, 0.3) is 0 Å². The number of nitrogens with two attached hydrogens (primary N) is 1. The second-order valence-corrected chi connectivity index (χ2v) is 6.59. The predicted molar refractivity (Wildman–Crippen MR) is 77.2 cm³/mol. The third kappa shape index (κ3) is 5.46. The van der Waals surface area contributed by atoms with Crippen LogP contribution in [0.1, 0.15) is 26.3 Å². The summed E-state index contributed by atoms with van der Waals surface area (Å²) in [6.45, 7) is 5.45. The fourth-order valence-electron chi connectivity index (χ4n) is 1.35. The molecule has 0 aliphatic carbocycles. The number of halogens is 2. The first-order chi connectivity index (χ1) is 8.17. The number of carbonyl (C=O) groups is 1. The number of carbonyl (C=O) groups excluding carboxylic acids is 1. The lowest BCUT2D eigenvalue weighted by molar-refractivity contribution is -0.156. The molecule has 1 heterocycles. The molecule has 1 atom stereocenters. The van der Waals surface area contributed by atoms with E-state index in [4.69, 9.17) is 10.5 Å². The Kier molecular flexibility index (Phi) is 5.31. The molecule has 1 aromatic rings. The maximum atomic E-state index is 11.7. The molecule has 1 aromatic heterocycles. The summed E-state index contributed by atoms with van der Waals surface area (Å²) in [5.41, 5.74) is 6.23. The smallest absolute Gasteiger partial charge is 0.323 e. The van der Waals surface area contributed by atoms with Gasteiger partial charge in [-0.1, -0.05) is 0 Å². The number of pyridine rings is 1. The van der Waals surface area contributed by atoms with Gasteiger partial charge in [0.15, 0.2) is 0 Å². The normalized spacial score (nSPS) is 13.2. The Bertz CT molecular complexity index is 424. The Morgan fingerprint density at radius 2 is 1.89 bits per heavy atom. The van der Waals surface area contributed by atoms with Crippen molar-refractivity contribution < 1.29 is 9.53 Å². The van der Waals surface area contributed by atoms with Crippen LogP contribution in [0.2, 0.25) is 0 Å². The molecule has 0 bridgehead atoms. The van der Waals surface area contributed by atoms with E-state index in [1.807, 2.05) is 32.9 Å². The number of aromatic nitrogens is 1. The van der Waals surface area contributed by atoms with E-state index in [0.29, 0.717) is 15.6 Å². The van der Waals surface area contributed by atoms with Crippen molar-refractivity contribution in [3.05, 3.63) is 26.9 Å². The highest BCUT2D eigenvalue weighted by Gasteiger charge is 2.22. The molecule has 2 N–H and O–H groups in total. The minimum absolute atomic E-state index is 0.397. The number of rotatable bonds is 3. The largest absolute Gasteiger partial charge is 0.459 e. The van der Waals surface area contributed by atoms with Gasteiger partial charge < -0.3 is 10.5 Å². The molecule has 0 saturated carbocycles. The van der Waals surface area contributed by atoms with Gasteiger partial charge in [-0.3, -0.25) is 4.79 Å². The molecule has 0 aromatic carbocycles. The maximum absolute atomic E-state index is 11.7. The second-order valence-electron chi connectivity index (χ2n) is 4.96. The average molecular weight is 380 g/mol. The lowest BCUT2D eigenvalue weighted by Gasteiger charge is -2.22. The Morgan fingerprint density at radius 1 is 1.39 bits per heavy atom. The van der Waals surface area contributed by atoms with Gasteiger partial charge in [0, 0.05) is 0 Å². The van der Waals surface area contributed by atoms with Crippen LogP contribution in [0.5, 0.6) is 0 Å². The highest BCUT2D eigenvalue weighted by Crippen LogP contribution is 2.17. The molecule has 100 valence electrons. The Balaban J connectivity index is 2.69. The topological polar surface area (TPSA) is 65.2 Å². The van der Waals surface area contributed by atoms with E-state index in [0.717, 1.165) is 5.56 Å². The second kappa shape index (κ2) is 6.12. The van der Waals surface area contributed by atoms with Crippen LogP contribution < -0.4 is 5.73 Å². The van der Waals surface area contributed by atoms with Crippen molar-refractivity contribution in [2.24, 2.45) is 5.73 Å². The zero-order valence-corrected chi connectivity index (χ0v) is 13.7. The van der Waals surface area contributed by atoms with Crippen LogP contribution in [-0.4, -0.2) is 22.6 Å². The summed E-state index contributed by atoms with van der Waals surface area (Å²) in [6.07, 6.45) is 0.411. The summed E-state index contributed by atoms with van der Waals surface area (Å²) in [5.74, 6) is -0.397. The SMILES string of the molecule is CC(C)(C)OC(=O)C(N)Cc1cc(Br)nc(Br)c1. The van der Waals surface area contributed by atoms with Gasteiger partial charge in [-0.15, -0.1) is 0 Å². The lowest BCUT2D eigenvalue weighted by atomic mass is 10.1. The van der Waals surface area contributed by atoms with E-state index >= 15 is 0 Å². The van der Waals surface area contributed by atoms with Crippen molar-refractivity contribution in [1.29, 1.82) is 0 Å². The monoisotopic (exact) mass is 378 g/mol. The molecule has 1 rings (SSSR count). The number of nitrogens with zero attached hydrogens (tertiary/aromatic N) is 1. The lowest BCUT2D eigenvalue weighted by Crippen LogP contribution is -2.38. The molecule has 4 nitrogen and oxygen atoms in total. The summed E-state index contributed by atoms with van der Waals surface area (Å²) in [7, 11) is 0. The van der Waals surface area contributed by atoms with Gasteiger partial charge in [-0.05, 0) is 76.7 Å². The molecular weight excluding hydrogens is 364 g/mol. The fourth-order valence-corrected chi connectivity index (χ4v) is 2.55. The molecule has 0 aliphatic heterocycles. The van der Waals surface area contributed by atoms with Crippen molar-refractivity contribution in [2.75, 3.05) is 0 Å². The van der Waals surface area contributed by atoms with Crippen LogP contribution >= 0.6 is 31.9 Å². The van der Waals surface area contributed by atoms with Gasteiger partial charge in [0.25, 0.3) is 0 Å². The number of hydrogen-bond acceptors (Lipinski definition) is 4. The summed E-state index contributed by atoms with van der Waals surface area (Å²) >= 11 is 6.58. The fraction of sp³-hybridized carbons (Fsp3) is 0.500. The van der Waals surface area contributed by atoms with E-state index in [9.17, 15) is 4.79 Å². The number of hydrogen-bond donors (Lipinski definition) is 1. The van der Waals surface area contributed by atoms with Gasteiger partial charge in [-0.25, -0.2) is 4.98 Å². The Hall–Kier alpha value is -0.460. The molecule has 0 fully saturated rings. The molecule has 0 aliphatic rings. The minimum Gasteiger partial charge on any atom is -0.459 e. The number of esters is 1. The average Bonchev–Trinajstić information content (AvgIpc) is 2.12. The quantitative estimate of drug-likeness (QED) is 0.647. The van der Waals surface area contributed by atoms with Crippen LogP contribution in [-0.2, 0) is 16.0 Å². The third-order valence-corrected chi connectivity index (χ3v) is 2.80. The van der Waals surface area contributed by atoms with Crippen molar-refractivity contribution in [3.8, 4) is 0 Å². The standard InChI is InChI=1S/C12H16Br2N2O2/c1-12(2,3)18-11(17)8(15)4-7-5-9(13)16-10(14)6-7/h5-6,8H,4,15H2,1-3H3. The van der Waals surface area contributed by atoms with Crippen molar-refractivity contribution >= 4 is 37.8 Å². The molecule has 0 radical (unpaired) electrons. The van der Waals surface area contributed by atoms with E-state index < -0.39 is 17.6 Å². The van der Waals surface area contributed by atoms with E-state index in [2.05, 4.69) is 36.8 Å². The minimum atomic E-state index is -0.676. The van der Waals surface area contributed by atoms with Gasteiger partial charge >= 0.3 is 5.97 Å². The van der Waals surface area contributed by atoms with E-state index in [1.165, 1.54) is 0 Å². The summed E-state index contributed by atoms with van der Waals surface area (Å²) < 4.78 is 6.62. The van der Waals surface area contributed by atoms with Crippen molar-refractivity contribution in [3.63, 3.8) is 0 Å². The van der Waals surface area contributed by atoms with Gasteiger partial charge in [0.1, 0.15) is 20.8 Å². The van der Waals surface area contributed by atoms with Crippen molar-refractivity contribution in [2.45, 2.75) is 38.8 Å². The number of ether oxygens (including phenoxy) is 1. The molecule has 6 heteroatoms. The molecular formula is C12H16Br2N2O2. The Morgan fingerprint density at radius 3 is 2.33 bits per heavy atom. The maximum Gasteiger partial charge on any atom is 0.323 e. The van der Waals surface area contributed by atoms with Crippen LogP contribution in [0.4, 0.5) is 0 Å². The van der Waals surface area contributed by atoms with Crippen molar-refractivity contribution in [1.82, 2.24) is 4.98 Å². The van der Waals surface area contributed by atoms with E-state index in [1.54, 1.807) is 0 Å². The summed E-state index contributed by atoms with van der Waals surface area (Å²) in [5, 5.41) is 0. The zero-order chi connectivity index (χ0) is 13.9. The van der Waals surface area contributed by atoms with Crippen LogP contribution in [0.15, 0.2) is 21.3 Å². The highest BCUT2D eigenvalue weighted by atomic mass is 79.9. The molecule has 18 heavy (non-hydrogen) atoms. The molecule has 0 saturated heterocycles. The predicted octanol–water partition coefficient (Wildman–Crippen LogP) is 2.82. The van der Waals surface area contributed by atoms with E-state index in [-0.39, 0.29) is 0 Å². The van der Waals surface area contributed by atoms with Gasteiger partial charge in [0.2, 0.25) is 0 Å². The van der Waals surface area contributed by atoms with Gasteiger partial charge in [-0.2, -0.15) is 0 Å².